The molecule has 0 aliphatic heterocycles. The van der Waals surface area contributed by atoms with E-state index in [4.69, 9.17) is 0 Å². The van der Waals surface area contributed by atoms with Crippen LogP contribution in [0.5, 0.6) is 0 Å². The maximum absolute atomic E-state index is 13.2. The molecule has 0 spiro atoms. The lowest BCUT2D eigenvalue weighted by Crippen LogP contribution is -2.09. The third-order valence-corrected chi connectivity index (χ3v) is 3.95. The van der Waals surface area contributed by atoms with Crippen LogP contribution in [-0.2, 0) is 6.54 Å². The van der Waals surface area contributed by atoms with E-state index in [2.05, 4.69) is 13.8 Å². The average molecular weight is 295 g/mol. The van der Waals surface area contributed by atoms with E-state index in [0.29, 0.717) is 11.5 Å². The molecule has 3 heteroatoms. The molecule has 0 saturated heterocycles. The molecule has 0 aliphatic rings. The lowest BCUT2D eigenvalue weighted by atomic mass is 10.0. The van der Waals surface area contributed by atoms with Crippen LogP contribution in [0.4, 0.5) is 4.39 Å². The minimum absolute atomic E-state index is 0.0529. The molecule has 0 N–H and O–H groups in total. The average Bonchev–Trinajstić information content (AvgIpc) is 2.89. The number of fused-ring (bicyclic) bond motifs is 1. The minimum atomic E-state index is -0.263. The second-order valence-electron chi connectivity index (χ2n) is 5.85. The predicted octanol–water partition coefficient (Wildman–Crippen LogP) is 4.79. The summed E-state index contributed by atoms with van der Waals surface area (Å²) in [4.78, 5) is 12.4. The molecule has 1 aromatic heterocycles. The summed E-state index contributed by atoms with van der Waals surface area (Å²) in [6, 6.07) is 14.2. The highest BCUT2D eigenvalue weighted by atomic mass is 19.1. The predicted molar refractivity (Wildman–Crippen MR) is 86.8 cm³/mol. The Labute approximate surface area is 129 Å². The van der Waals surface area contributed by atoms with E-state index < -0.39 is 0 Å². The zero-order chi connectivity index (χ0) is 15.7. The van der Waals surface area contributed by atoms with Crippen LogP contribution in [0.15, 0.2) is 54.7 Å². The van der Waals surface area contributed by atoms with E-state index in [9.17, 15) is 9.18 Å². The summed E-state index contributed by atoms with van der Waals surface area (Å²) in [5.41, 5.74) is 2.79. The number of Topliss-reactive ketones (excluding diaryl/α,β-unsaturated/α-hetero) is 1. The van der Waals surface area contributed by atoms with Crippen LogP contribution >= 0.6 is 0 Å². The molecule has 2 aromatic carbocycles. The fourth-order valence-electron chi connectivity index (χ4n) is 2.61. The van der Waals surface area contributed by atoms with Crippen molar-refractivity contribution in [3.63, 3.8) is 0 Å². The Balaban J connectivity index is 1.83. The van der Waals surface area contributed by atoms with Gasteiger partial charge >= 0.3 is 0 Å². The largest absolute Gasteiger partial charge is 0.340 e. The topological polar surface area (TPSA) is 22.0 Å². The monoisotopic (exact) mass is 295 g/mol. The molecule has 2 nitrogen and oxygen atoms in total. The van der Waals surface area contributed by atoms with Gasteiger partial charge in [0.25, 0.3) is 0 Å². The first-order valence-electron chi connectivity index (χ1n) is 7.42. The first-order chi connectivity index (χ1) is 10.5. The van der Waals surface area contributed by atoms with Crippen LogP contribution in [0.2, 0.25) is 0 Å². The Bertz CT molecular complexity index is 815. The first-order valence-corrected chi connectivity index (χ1v) is 7.42. The van der Waals surface area contributed by atoms with E-state index >= 15 is 0 Å². The third kappa shape index (κ3) is 2.80. The van der Waals surface area contributed by atoms with Crippen LogP contribution < -0.4 is 0 Å². The molecule has 3 rings (SSSR count). The molecule has 3 aromatic rings. The van der Waals surface area contributed by atoms with E-state index in [1.807, 2.05) is 41.1 Å². The van der Waals surface area contributed by atoms with Gasteiger partial charge in [0.2, 0.25) is 0 Å². The summed E-state index contributed by atoms with van der Waals surface area (Å²) < 4.78 is 15.1. The SMILES string of the molecule is CC(C)c1ccc(C(=O)Cn2ccc3cc(F)ccc32)cc1. The number of nitrogens with zero attached hydrogens (tertiary/aromatic N) is 1. The minimum Gasteiger partial charge on any atom is -0.340 e. The number of aromatic nitrogens is 1. The van der Waals surface area contributed by atoms with Crippen molar-refractivity contribution in [2.75, 3.05) is 0 Å². The van der Waals surface area contributed by atoms with Crippen molar-refractivity contribution in [3.8, 4) is 0 Å². The number of halogens is 1. The lowest BCUT2D eigenvalue weighted by Gasteiger charge is -2.08. The number of hydrogen-bond acceptors (Lipinski definition) is 1. The quantitative estimate of drug-likeness (QED) is 0.634. The summed E-state index contributed by atoms with van der Waals surface area (Å²) in [6.45, 7) is 4.51. The van der Waals surface area contributed by atoms with Gasteiger partial charge in [0.05, 0.1) is 6.54 Å². The van der Waals surface area contributed by atoms with Crippen LogP contribution in [0.25, 0.3) is 10.9 Å². The van der Waals surface area contributed by atoms with E-state index in [1.54, 1.807) is 6.07 Å². The van der Waals surface area contributed by atoms with Crippen molar-refractivity contribution >= 4 is 16.7 Å². The van der Waals surface area contributed by atoms with Gasteiger partial charge in [0, 0.05) is 22.7 Å². The van der Waals surface area contributed by atoms with Gasteiger partial charge in [-0.05, 0) is 35.7 Å². The molecule has 0 fully saturated rings. The lowest BCUT2D eigenvalue weighted by molar-refractivity contribution is 0.0973. The fourth-order valence-corrected chi connectivity index (χ4v) is 2.61. The van der Waals surface area contributed by atoms with E-state index in [-0.39, 0.29) is 18.1 Å². The summed E-state index contributed by atoms with van der Waals surface area (Å²) >= 11 is 0. The molecule has 0 atom stereocenters. The smallest absolute Gasteiger partial charge is 0.182 e. The molecule has 112 valence electrons. The van der Waals surface area contributed by atoms with Gasteiger partial charge in [-0.3, -0.25) is 4.79 Å². The van der Waals surface area contributed by atoms with Gasteiger partial charge in [0.15, 0.2) is 5.78 Å². The van der Waals surface area contributed by atoms with Crippen LogP contribution in [-0.4, -0.2) is 10.4 Å². The van der Waals surface area contributed by atoms with Crippen LogP contribution in [0.1, 0.15) is 35.7 Å². The summed E-state index contributed by atoms with van der Waals surface area (Å²) in [6.07, 6.45) is 1.82. The van der Waals surface area contributed by atoms with Crippen molar-refractivity contribution in [1.29, 1.82) is 0 Å². The van der Waals surface area contributed by atoms with Gasteiger partial charge in [-0.1, -0.05) is 38.1 Å². The normalized spacial score (nSPS) is 11.3. The van der Waals surface area contributed by atoms with E-state index in [0.717, 1.165) is 10.9 Å². The van der Waals surface area contributed by atoms with Crippen molar-refractivity contribution < 1.29 is 9.18 Å². The van der Waals surface area contributed by atoms with Gasteiger partial charge in [0.1, 0.15) is 5.82 Å². The number of hydrogen-bond donors (Lipinski definition) is 0. The summed E-state index contributed by atoms with van der Waals surface area (Å²) in [7, 11) is 0. The van der Waals surface area contributed by atoms with Crippen molar-refractivity contribution in [2.24, 2.45) is 0 Å². The molecule has 1 heterocycles. The molecule has 0 saturated carbocycles. The first kappa shape index (κ1) is 14.5. The van der Waals surface area contributed by atoms with Crippen molar-refractivity contribution in [3.05, 3.63) is 71.7 Å². The molecular weight excluding hydrogens is 277 g/mol. The highest BCUT2D eigenvalue weighted by molar-refractivity contribution is 5.96. The number of carbonyl (C=O) groups excluding carboxylic acids is 1. The summed E-state index contributed by atoms with van der Waals surface area (Å²) in [5, 5.41) is 0.808. The molecule has 0 amide bonds. The van der Waals surface area contributed by atoms with Crippen molar-refractivity contribution in [1.82, 2.24) is 4.57 Å². The maximum Gasteiger partial charge on any atom is 0.182 e. The third-order valence-electron chi connectivity index (χ3n) is 3.95. The second kappa shape index (κ2) is 5.76. The van der Waals surface area contributed by atoms with Crippen LogP contribution in [0.3, 0.4) is 0 Å². The van der Waals surface area contributed by atoms with Gasteiger partial charge < -0.3 is 4.57 Å². The Kier molecular flexibility index (Phi) is 3.80. The standard InChI is InChI=1S/C19H18FNO/c1-13(2)14-3-5-15(6-4-14)19(22)12-21-10-9-16-11-17(20)7-8-18(16)21/h3-11,13H,12H2,1-2H3. The number of ketones is 1. The Morgan fingerprint density at radius 3 is 2.50 bits per heavy atom. The number of benzene rings is 2. The Morgan fingerprint density at radius 1 is 1.09 bits per heavy atom. The molecule has 0 radical (unpaired) electrons. The molecule has 0 bridgehead atoms. The fraction of sp³-hybridized carbons (Fsp3) is 0.211. The number of carbonyl (C=O) groups is 1. The Morgan fingerprint density at radius 2 is 1.82 bits per heavy atom. The molecule has 0 unspecified atom stereocenters. The Hall–Kier alpha value is -2.42. The molecule has 0 aliphatic carbocycles. The van der Waals surface area contributed by atoms with Gasteiger partial charge in [-0.2, -0.15) is 0 Å². The highest BCUT2D eigenvalue weighted by Crippen LogP contribution is 2.19. The molecule has 22 heavy (non-hydrogen) atoms. The van der Waals surface area contributed by atoms with Gasteiger partial charge in [-0.25, -0.2) is 4.39 Å². The highest BCUT2D eigenvalue weighted by Gasteiger charge is 2.10. The summed E-state index contributed by atoms with van der Waals surface area (Å²) in [5.74, 6) is 0.241. The van der Waals surface area contributed by atoms with Gasteiger partial charge in [-0.15, -0.1) is 0 Å². The van der Waals surface area contributed by atoms with Crippen molar-refractivity contribution in [2.45, 2.75) is 26.3 Å². The zero-order valence-corrected chi connectivity index (χ0v) is 12.7. The second-order valence-corrected chi connectivity index (χ2v) is 5.85. The number of rotatable bonds is 4. The van der Waals surface area contributed by atoms with Crippen LogP contribution in [0, 0.1) is 5.82 Å². The molecular formula is C19H18FNO. The zero-order valence-electron chi connectivity index (χ0n) is 12.7. The maximum atomic E-state index is 13.2. The van der Waals surface area contributed by atoms with E-state index in [1.165, 1.54) is 17.7 Å².